The molecule has 2 aromatic carbocycles. The number of thiophene rings is 1. The van der Waals surface area contributed by atoms with Crippen LogP contribution in [-0.2, 0) is 18.4 Å². The van der Waals surface area contributed by atoms with Crippen molar-refractivity contribution in [2.24, 2.45) is 0 Å². The van der Waals surface area contributed by atoms with Gasteiger partial charge in [-0.3, -0.25) is 9.69 Å². The number of rotatable bonds is 4. The van der Waals surface area contributed by atoms with E-state index in [-0.39, 0.29) is 17.5 Å². The predicted octanol–water partition coefficient (Wildman–Crippen LogP) is 5.89. The third-order valence-electron chi connectivity index (χ3n) is 7.01. The number of ether oxygens (including phenoxy) is 1. The Morgan fingerprint density at radius 3 is 2.39 bits per heavy atom. The Kier molecular flexibility index (Phi) is 6.39. The zero-order valence-electron chi connectivity index (χ0n) is 21.5. The van der Waals surface area contributed by atoms with E-state index in [4.69, 9.17) is 4.74 Å². The Labute approximate surface area is 216 Å². The average molecular weight is 504 g/mol. The topological polar surface area (TPSA) is 70.7 Å². The van der Waals surface area contributed by atoms with E-state index in [9.17, 15) is 9.59 Å². The summed E-state index contributed by atoms with van der Waals surface area (Å²) in [5, 5.41) is 7.54. The molecule has 36 heavy (non-hydrogen) atoms. The molecular weight excluding hydrogens is 470 g/mol. The van der Waals surface area contributed by atoms with Crippen molar-refractivity contribution < 1.29 is 14.3 Å². The summed E-state index contributed by atoms with van der Waals surface area (Å²) >= 11 is 1.69. The van der Waals surface area contributed by atoms with Crippen molar-refractivity contribution >= 4 is 28.2 Å². The number of amides is 1. The lowest BCUT2D eigenvalue weighted by Crippen LogP contribution is -2.39. The molecule has 1 amide bonds. The standard InChI is InChI=1S/C29H33N3O3S/c1-17(2)32-15-14-22-23(16-32)36-27-24(22)26(33)30-25(31-27)18-8-12-21(13-9-18)35-28(34)19-6-10-20(11-7-19)29(3,4)5/h6-13,17,25,31H,14-16H2,1-5H3,(H,30,33)/t25-/m1/s1. The number of hydrogen-bond donors (Lipinski definition) is 2. The van der Waals surface area contributed by atoms with Gasteiger partial charge in [0.15, 0.2) is 0 Å². The molecule has 0 saturated heterocycles. The van der Waals surface area contributed by atoms with Gasteiger partial charge >= 0.3 is 5.97 Å². The highest BCUT2D eigenvalue weighted by Gasteiger charge is 2.33. The van der Waals surface area contributed by atoms with Gasteiger partial charge in [-0.25, -0.2) is 4.79 Å². The molecule has 3 heterocycles. The summed E-state index contributed by atoms with van der Waals surface area (Å²) in [6.45, 7) is 12.7. The normalized spacial score (nSPS) is 17.7. The molecule has 5 rings (SSSR count). The molecule has 0 spiro atoms. The SMILES string of the molecule is CC(C)N1CCc2c(sc3c2C(=O)N[C@@H](c2ccc(OC(=O)c4ccc(C(C)(C)C)cc4)cc2)N3)C1. The Balaban J connectivity index is 1.27. The van der Waals surface area contributed by atoms with Crippen LogP contribution in [0.2, 0.25) is 0 Å². The van der Waals surface area contributed by atoms with Gasteiger partial charge in [0.1, 0.15) is 16.9 Å². The van der Waals surface area contributed by atoms with Gasteiger partial charge in [-0.15, -0.1) is 11.3 Å². The third kappa shape index (κ3) is 4.77. The summed E-state index contributed by atoms with van der Waals surface area (Å²) in [7, 11) is 0. The number of carbonyl (C=O) groups excluding carboxylic acids is 2. The van der Waals surface area contributed by atoms with Crippen molar-refractivity contribution in [3.05, 3.63) is 81.2 Å². The summed E-state index contributed by atoms with van der Waals surface area (Å²) in [5.74, 6) is 0.0434. The van der Waals surface area contributed by atoms with Gasteiger partial charge in [-0.2, -0.15) is 0 Å². The molecule has 7 heteroatoms. The molecule has 1 atom stereocenters. The van der Waals surface area contributed by atoms with E-state index in [1.165, 1.54) is 10.4 Å². The molecule has 3 aromatic rings. The number of nitrogens with one attached hydrogen (secondary N) is 2. The van der Waals surface area contributed by atoms with Gasteiger partial charge in [-0.1, -0.05) is 45.0 Å². The second kappa shape index (κ2) is 9.37. The summed E-state index contributed by atoms with van der Waals surface area (Å²) in [5.41, 5.74) is 4.60. The number of nitrogens with zero attached hydrogens (tertiary/aromatic N) is 1. The number of carbonyl (C=O) groups is 2. The number of benzene rings is 2. The van der Waals surface area contributed by atoms with Crippen molar-refractivity contribution in [2.75, 3.05) is 11.9 Å². The van der Waals surface area contributed by atoms with Crippen LogP contribution in [0.25, 0.3) is 0 Å². The highest BCUT2D eigenvalue weighted by molar-refractivity contribution is 7.16. The van der Waals surface area contributed by atoms with Crippen molar-refractivity contribution in [1.29, 1.82) is 0 Å². The van der Waals surface area contributed by atoms with Crippen LogP contribution < -0.4 is 15.4 Å². The summed E-state index contributed by atoms with van der Waals surface area (Å²) in [4.78, 5) is 29.4. The second-order valence-corrected chi connectivity index (χ2v) is 12.0. The fourth-order valence-electron chi connectivity index (χ4n) is 4.74. The first-order valence-electron chi connectivity index (χ1n) is 12.5. The largest absolute Gasteiger partial charge is 0.423 e. The zero-order chi connectivity index (χ0) is 25.6. The van der Waals surface area contributed by atoms with Crippen LogP contribution in [0.3, 0.4) is 0 Å². The smallest absolute Gasteiger partial charge is 0.343 e. The van der Waals surface area contributed by atoms with Crippen LogP contribution in [0.5, 0.6) is 5.75 Å². The van der Waals surface area contributed by atoms with E-state index in [1.54, 1.807) is 35.6 Å². The summed E-state index contributed by atoms with van der Waals surface area (Å²) in [6, 6.07) is 15.3. The van der Waals surface area contributed by atoms with Gasteiger partial charge in [0.2, 0.25) is 0 Å². The molecule has 6 nitrogen and oxygen atoms in total. The molecule has 2 N–H and O–H groups in total. The Morgan fingerprint density at radius 1 is 1.06 bits per heavy atom. The van der Waals surface area contributed by atoms with E-state index >= 15 is 0 Å². The summed E-state index contributed by atoms with van der Waals surface area (Å²) in [6.07, 6.45) is 0.568. The van der Waals surface area contributed by atoms with E-state index in [1.807, 2.05) is 24.3 Å². The van der Waals surface area contributed by atoms with Crippen LogP contribution in [-0.4, -0.2) is 29.4 Å². The molecule has 0 radical (unpaired) electrons. The Bertz CT molecular complexity index is 1290. The first kappa shape index (κ1) is 24.5. The third-order valence-corrected chi connectivity index (χ3v) is 8.15. The minimum Gasteiger partial charge on any atom is -0.423 e. The molecule has 1 aromatic heterocycles. The number of anilines is 1. The van der Waals surface area contributed by atoms with E-state index in [2.05, 4.69) is 50.2 Å². The molecular formula is C29H33N3O3S. The number of fused-ring (bicyclic) bond motifs is 3. The van der Waals surface area contributed by atoms with Crippen molar-refractivity contribution in [2.45, 2.75) is 65.2 Å². The first-order chi connectivity index (χ1) is 17.1. The van der Waals surface area contributed by atoms with Gasteiger partial charge in [-0.05, 0) is 66.6 Å². The van der Waals surface area contributed by atoms with Gasteiger partial charge in [0, 0.05) is 24.0 Å². The molecule has 2 aliphatic rings. The Morgan fingerprint density at radius 2 is 1.75 bits per heavy atom. The molecule has 0 aliphatic carbocycles. The lowest BCUT2D eigenvalue weighted by Gasteiger charge is -2.31. The van der Waals surface area contributed by atoms with Crippen molar-refractivity contribution in [1.82, 2.24) is 10.2 Å². The zero-order valence-corrected chi connectivity index (χ0v) is 22.3. The minimum absolute atomic E-state index is 0.0263. The highest BCUT2D eigenvalue weighted by atomic mass is 32.1. The average Bonchev–Trinajstić information content (AvgIpc) is 3.22. The second-order valence-electron chi connectivity index (χ2n) is 10.9. The van der Waals surface area contributed by atoms with Gasteiger partial charge < -0.3 is 15.4 Å². The molecule has 2 aliphatic heterocycles. The molecule has 0 bridgehead atoms. The van der Waals surface area contributed by atoms with Crippen LogP contribution in [0, 0.1) is 0 Å². The molecule has 0 saturated carbocycles. The first-order valence-corrected chi connectivity index (χ1v) is 13.3. The fraction of sp³-hybridized carbons (Fsp3) is 0.379. The monoisotopic (exact) mass is 503 g/mol. The van der Waals surface area contributed by atoms with Crippen LogP contribution in [0.4, 0.5) is 5.00 Å². The fourth-order valence-corrected chi connectivity index (χ4v) is 6.04. The maximum absolute atomic E-state index is 13.0. The van der Waals surface area contributed by atoms with E-state index in [0.29, 0.717) is 17.4 Å². The lowest BCUT2D eigenvalue weighted by atomic mass is 9.87. The van der Waals surface area contributed by atoms with Crippen LogP contribution in [0.15, 0.2) is 48.5 Å². The maximum atomic E-state index is 13.0. The molecule has 188 valence electrons. The summed E-state index contributed by atoms with van der Waals surface area (Å²) < 4.78 is 5.58. The quantitative estimate of drug-likeness (QED) is 0.343. The van der Waals surface area contributed by atoms with E-state index in [0.717, 1.165) is 41.2 Å². The number of hydrogen-bond acceptors (Lipinski definition) is 6. The van der Waals surface area contributed by atoms with Crippen LogP contribution in [0.1, 0.15) is 83.1 Å². The van der Waals surface area contributed by atoms with Crippen LogP contribution >= 0.6 is 11.3 Å². The van der Waals surface area contributed by atoms with Gasteiger partial charge in [0.05, 0.1) is 11.1 Å². The predicted molar refractivity (Wildman–Crippen MR) is 144 cm³/mol. The molecule has 0 fully saturated rings. The minimum atomic E-state index is -0.392. The van der Waals surface area contributed by atoms with Gasteiger partial charge in [0.25, 0.3) is 5.91 Å². The van der Waals surface area contributed by atoms with E-state index < -0.39 is 5.97 Å². The number of esters is 1. The Hall–Kier alpha value is -3.16. The maximum Gasteiger partial charge on any atom is 0.343 e. The lowest BCUT2D eigenvalue weighted by molar-refractivity contribution is 0.0734. The van der Waals surface area contributed by atoms with Crippen molar-refractivity contribution in [3.63, 3.8) is 0 Å². The van der Waals surface area contributed by atoms with Crippen molar-refractivity contribution in [3.8, 4) is 5.75 Å². The molecule has 0 unspecified atom stereocenters. The highest BCUT2D eigenvalue weighted by Crippen LogP contribution is 2.41.